The fourth-order valence-electron chi connectivity index (χ4n) is 3.02. The van der Waals surface area contributed by atoms with Gasteiger partial charge in [0.1, 0.15) is 5.60 Å². The van der Waals surface area contributed by atoms with Gasteiger partial charge in [0.2, 0.25) is 0 Å². The predicted octanol–water partition coefficient (Wildman–Crippen LogP) is 5.05. The molecule has 1 fully saturated rings. The van der Waals surface area contributed by atoms with Gasteiger partial charge in [-0.3, -0.25) is 4.79 Å². The molecule has 1 aliphatic rings. The lowest BCUT2D eigenvalue weighted by atomic mass is 10.1. The van der Waals surface area contributed by atoms with Crippen LogP contribution in [0.2, 0.25) is 0 Å². The Balaban J connectivity index is 0.00000280. The number of alkyl carbamates (subject to hydrolysis) is 1. The lowest BCUT2D eigenvalue weighted by molar-refractivity contribution is 0.0522. The topological polar surface area (TPSA) is 67.4 Å². The van der Waals surface area contributed by atoms with E-state index in [-0.39, 0.29) is 36.4 Å². The lowest BCUT2D eigenvalue weighted by Gasteiger charge is -2.19. The average molecular weight is 403 g/mol. The zero-order valence-electron chi connectivity index (χ0n) is 16.6. The Morgan fingerprint density at radius 1 is 1.07 bits per heavy atom. The molecule has 6 heteroatoms. The van der Waals surface area contributed by atoms with Gasteiger partial charge in [-0.25, -0.2) is 4.79 Å². The first-order valence-electron chi connectivity index (χ1n) is 9.19. The maximum absolute atomic E-state index is 12.3. The highest BCUT2D eigenvalue weighted by Crippen LogP contribution is 2.41. The molecular weight excluding hydrogens is 376 g/mol. The molecule has 2 aromatic rings. The zero-order valence-corrected chi connectivity index (χ0v) is 17.4. The Morgan fingerprint density at radius 3 is 2.36 bits per heavy atom. The highest BCUT2D eigenvalue weighted by Gasteiger charge is 2.40. The van der Waals surface area contributed by atoms with Crippen LogP contribution in [-0.2, 0) is 4.74 Å². The van der Waals surface area contributed by atoms with E-state index in [2.05, 4.69) is 16.7 Å². The van der Waals surface area contributed by atoms with Gasteiger partial charge < -0.3 is 15.4 Å². The number of aryl methyl sites for hydroxylation is 1. The van der Waals surface area contributed by atoms with Crippen LogP contribution < -0.4 is 10.6 Å². The van der Waals surface area contributed by atoms with E-state index in [4.69, 9.17) is 4.74 Å². The van der Waals surface area contributed by atoms with E-state index in [1.54, 1.807) is 12.1 Å². The molecular formula is C22H27ClN2O3. The van der Waals surface area contributed by atoms with Crippen LogP contribution in [0.5, 0.6) is 0 Å². The second-order valence-corrected chi connectivity index (χ2v) is 7.99. The molecule has 2 aromatic carbocycles. The van der Waals surface area contributed by atoms with Gasteiger partial charge >= 0.3 is 6.09 Å². The Labute approximate surface area is 172 Å². The van der Waals surface area contributed by atoms with Gasteiger partial charge in [-0.1, -0.05) is 30.3 Å². The Morgan fingerprint density at radius 2 is 1.75 bits per heavy atom. The number of nitrogens with one attached hydrogen (secondary N) is 2. The summed E-state index contributed by atoms with van der Waals surface area (Å²) in [5.74, 6) is 0.164. The highest BCUT2D eigenvalue weighted by molar-refractivity contribution is 6.04. The minimum Gasteiger partial charge on any atom is -0.444 e. The van der Waals surface area contributed by atoms with Crippen LogP contribution in [0.4, 0.5) is 10.5 Å². The van der Waals surface area contributed by atoms with Crippen LogP contribution in [0.3, 0.4) is 0 Å². The van der Waals surface area contributed by atoms with E-state index < -0.39 is 5.60 Å². The molecule has 1 saturated carbocycles. The number of carbonyl (C=O) groups excluding carboxylic acids is 2. The minimum atomic E-state index is -0.496. The number of hydrogen-bond acceptors (Lipinski definition) is 3. The Bertz CT molecular complexity index is 847. The van der Waals surface area contributed by atoms with E-state index in [1.165, 1.54) is 0 Å². The standard InChI is InChI=1S/C22H26N2O3.ClH/c1-14-12-16(17-13-19(17)24-21(26)27-22(2,3)4)10-11-18(14)23-20(25)15-8-6-5-7-9-15;/h5-12,17,19H,13H2,1-4H3,(H,23,25)(H,24,26);1H/t17-,19+;/m0./s1. The molecule has 0 spiro atoms. The third-order valence-electron chi connectivity index (χ3n) is 4.46. The molecule has 0 unspecified atom stereocenters. The monoisotopic (exact) mass is 402 g/mol. The predicted molar refractivity (Wildman–Crippen MR) is 113 cm³/mol. The number of hydrogen-bond donors (Lipinski definition) is 2. The van der Waals surface area contributed by atoms with Gasteiger partial charge in [0, 0.05) is 23.2 Å². The summed E-state index contributed by atoms with van der Waals surface area (Å²) in [6.07, 6.45) is 0.521. The summed E-state index contributed by atoms with van der Waals surface area (Å²) in [6.45, 7) is 7.52. The molecule has 0 heterocycles. The molecule has 0 aromatic heterocycles. The lowest BCUT2D eigenvalue weighted by Crippen LogP contribution is -2.34. The fourth-order valence-corrected chi connectivity index (χ4v) is 3.02. The van der Waals surface area contributed by atoms with Crippen LogP contribution in [0.15, 0.2) is 48.5 Å². The summed E-state index contributed by atoms with van der Waals surface area (Å²) in [5.41, 5.74) is 3.09. The molecule has 2 amide bonds. The molecule has 2 atom stereocenters. The van der Waals surface area contributed by atoms with Gasteiger partial charge in [0.25, 0.3) is 5.91 Å². The maximum Gasteiger partial charge on any atom is 0.407 e. The van der Waals surface area contributed by atoms with Gasteiger partial charge in [-0.05, 0) is 63.4 Å². The van der Waals surface area contributed by atoms with Crippen molar-refractivity contribution >= 4 is 30.1 Å². The van der Waals surface area contributed by atoms with Crippen LogP contribution in [0, 0.1) is 6.92 Å². The Kier molecular flexibility index (Phi) is 6.73. The van der Waals surface area contributed by atoms with Crippen molar-refractivity contribution in [3.05, 3.63) is 65.2 Å². The first kappa shape index (κ1) is 21.8. The molecule has 28 heavy (non-hydrogen) atoms. The SMILES string of the molecule is Cc1cc([C@@H]2C[C@H]2NC(=O)OC(C)(C)C)ccc1NC(=O)c1ccccc1.Cl. The van der Waals surface area contributed by atoms with Crippen LogP contribution in [0.25, 0.3) is 0 Å². The van der Waals surface area contributed by atoms with Crippen LogP contribution >= 0.6 is 12.4 Å². The second kappa shape index (κ2) is 8.65. The van der Waals surface area contributed by atoms with Gasteiger partial charge in [-0.2, -0.15) is 0 Å². The van der Waals surface area contributed by atoms with E-state index >= 15 is 0 Å². The molecule has 0 aliphatic heterocycles. The number of amides is 2. The van der Waals surface area contributed by atoms with Gasteiger partial charge in [-0.15, -0.1) is 12.4 Å². The summed E-state index contributed by atoms with van der Waals surface area (Å²) >= 11 is 0. The summed E-state index contributed by atoms with van der Waals surface area (Å²) in [5, 5.41) is 5.87. The quantitative estimate of drug-likeness (QED) is 0.751. The average Bonchev–Trinajstić information content (AvgIpc) is 3.34. The molecule has 5 nitrogen and oxygen atoms in total. The van der Waals surface area contributed by atoms with Crippen molar-refractivity contribution in [3.63, 3.8) is 0 Å². The number of ether oxygens (including phenoxy) is 1. The molecule has 0 bridgehead atoms. The zero-order chi connectivity index (χ0) is 19.6. The van der Waals surface area contributed by atoms with E-state index in [0.29, 0.717) is 5.56 Å². The molecule has 3 rings (SSSR count). The summed E-state index contributed by atoms with van der Waals surface area (Å²) < 4.78 is 5.30. The highest BCUT2D eigenvalue weighted by atomic mass is 35.5. The van der Waals surface area contributed by atoms with Crippen LogP contribution in [0.1, 0.15) is 54.6 Å². The largest absolute Gasteiger partial charge is 0.444 e. The number of carbonyl (C=O) groups is 2. The molecule has 1 aliphatic carbocycles. The number of anilines is 1. The third kappa shape index (κ3) is 5.73. The number of rotatable bonds is 4. The smallest absolute Gasteiger partial charge is 0.407 e. The van der Waals surface area contributed by atoms with Gasteiger partial charge in [0.05, 0.1) is 0 Å². The normalized spacial score (nSPS) is 17.9. The third-order valence-corrected chi connectivity index (χ3v) is 4.46. The number of benzene rings is 2. The van der Waals surface area contributed by atoms with Gasteiger partial charge in [0.15, 0.2) is 0 Å². The first-order chi connectivity index (χ1) is 12.7. The molecule has 0 radical (unpaired) electrons. The van der Waals surface area contributed by atoms with Crippen molar-refractivity contribution < 1.29 is 14.3 Å². The van der Waals surface area contributed by atoms with Crippen molar-refractivity contribution in [1.82, 2.24) is 5.32 Å². The molecule has 150 valence electrons. The van der Waals surface area contributed by atoms with Crippen molar-refractivity contribution in [2.45, 2.75) is 51.7 Å². The van der Waals surface area contributed by atoms with Crippen molar-refractivity contribution in [3.8, 4) is 0 Å². The molecule has 0 saturated heterocycles. The molecule has 2 N–H and O–H groups in total. The summed E-state index contributed by atoms with van der Waals surface area (Å²) in [4.78, 5) is 24.2. The van der Waals surface area contributed by atoms with E-state index in [0.717, 1.165) is 23.2 Å². The summed E-state index contributed by atoms with van der Waals surface area (Å²) in [7, 11) is 0. The second-order valence-electron chi connectivity index (χ2n) is 7.99. The van der Waals surface area contributed by atoms with Crippen molar-refractivity contribution in [2.24, 2.45) is 0 Å². The fraction of sp³-hybridized carbons (Fsp3) is 0.364. The number of halogens is 1. The van der Waals surface area contributed by atoms with Crippen molar-refractivity contribution in [2.75, 3.05) is 5.32 Å². The minimum absolute atomic E-state index is 0. The van der Waals surface area contributed by atoms with Crippen LogP contribution in [-0.4, -0.2) is 23.6 Å². The van der Waals surface area contributed by atoms with E-state index in [1.807, 2.05) is 58.0 Å². The van der Waals surface area contributed by atoms with E-state index in [9.17, 15) is 9.59 Å². The maximum atomic E-state index is 12.3. The summed E-state index contributed by atoms with van der Waals surface area (Å²) in [6, 6.07) is 15.3. The Hall–Kier alpha value is -2.53. The first-order valence-corrected chi connectivity index (χ1v) is 9.19. The van der Waals surface area contributed by atoms with Crippen molar-refractivity contribution in [1.29, 1.82) is 0 Å².